The van der Waals surface area contributed by atoms with E-state index in [0.717, 1.165) is 44.4 Å². The number of carbonyl (C=O) groups excluding carboxylic acids is 1. The average molecular weight is 435 g/mol. The van der Waals surface area contributed by atoms with E-state index in [4.69, 9.17) is 9.72 Å². The molecule has 0 aliphatic rings. The van der Waals surface area contributed by atoms with E-state index in [9.17, 15) is 4.79 Å². The molecule has 4 nitrogen and oxygen atoms in total. The summed E-state index contributed by atoms with van der Waals surface area (Å²) in [5.41, 5.74) is 2.75. The zero-order chi connectivity index (χ0) is 20.8. The van der Waals surface area contributed by atoms with E-state index in [-0.39, 0.29) is 5.91 Å². The summed E-state index contributed by atoms with van der Waals surface area (Å²) in [5, 5.41) is 3.99. The number of methoxy groups -OCH3 is 1. The summed E-state index contributed by atoms with van der Waals surface area (Å²) in [5.74, 6) is 1.77. The van der Waals surface area contributed by atoms with Crippen LogP contribution in [0.5, 0.6) is 5.75 Å². The number of carbonyl (C=O) groups is 1. The number of thiazole rings is 1. The van der Waals surface area contributed by atoms with Crippen LogP contribution in [0.2, 0.25) is 0 Å². The van der Waals surface area contributed by atoms with Gasteiger partial charge in [0.1, 0.15) is 10.8 Å². The van der Waals surface area contributed by atoms with Gasteiger partial charge in [-0.1, -0.05) is 24.3 Å². The number of nitrogens with zero attached hydrogens (tertiary/aromatic N) is 1. The minimum absolute atomic E-state index is 0.0268. The van der Waals surface area contributed by atoms with Crippen LogP contribution in [0, 0.1) is 0 Å². The summed E-state index contributed by atoms with van der Waals surface area (Å²) in [6, 6.07) is 23.9. The van der Waals surface area contributed by atoms with Crippen LogP contribution in [-0.2, 0) is 4.79 Å². The van der Waals surface area contributed by atoms with Crippen molar-refractivity contribution < 1.29 is 9.53 Å². The first-order valence-corrected chi connectivity index (χ1v) is 11.5. The van der Waals surface area contributed by atoms with E-state index in [1.165, 1.54) is 4.90 Å². The van der Waals surface area contributed by atoms with E-state index in [1.807, 2.05) is 66.7 Å². The number of anilines is 1. The molecular formula is C24H22N2O2S2. The number of hydrogen-bond donors (Lipinski definition) is 1. The van der Waals surface area contributed by atoms with Crippen molar-refractivity contribution in [3.63, 3.8) is 0 Å². The maximum absolute atomic E-state index is 12.5. The molecule has 4 rings (SSSR count). The topological polar surface area (TPSA) is 51.2 Å². The molecule has 0 aliphatic carbocycles. The fourth-order valence-electron chi connectivity index (χ4n) is 3.07. The molecule has 1 aromatic heterocycles. The van der Waals surface area contributed by atoms with Crippen LogP contribution in [0.4, 0.5) is 5.69 Å². The number of para-hydroxylation sites is 2. The third-order valence-corrected chi connectivity index (χ3v) is 6.77. The largest absolute Gasteiger partial charge is 0.497 e. The first-order valence-electron chi connectivity index (χ1n) is 9.74. The van der Waals surface area contributed by atoms with Gasteiger partial charge in [0.15, 0.2) is 0 Å². The number of fused-ring (bicyclic) bond motifs is 1. The minimum Gasteiger partial charge on any atom is -0.497 e. The summed E-state index contributed by atoms with van der Waals surface area (Å²) in [6.07, 6.45) is 1.29. The molecule has 1 amide bonds. The van der Waals surface area contributed by atoms with Crippen molar-refractivity contribution in [3.05, 3.63) is 72.8 Å². The molecule has 0 aliphatic heterocycles. The van der Waals surface area contributed by atoms with Crippen LogP contribution in [0.3, 0.4) is 0 Å². The molecule has 0 bridgehead atoms. The Morgan fingerprint density at radius 2 is 1.80 bits per heavy atom. The van der Waals surface area contributed by atoms with Gasteiger partial charge in [-0.15, -0.1) is 23.1 Å². The molecule has 0 spiro atoms. The van der Waals surface area contributed by atoms with Gasteiger partial charge in [-0.05, 0) is 60.7 Å². The number of nitrogens with one attached hydrogen (secondary N) is 1. The second-order valence-corrected chi connectivity index (χ2v) is 8.91. The highest BCUT2D eigenvalue weighted by Crippen LogP contribution is 2.34. The lowest BCUT2D eigenvalue weighted by atomic mass is 10.1. The van der Waals surface area contributed by atoms with Gasteiger partial charge in [0, 0.05) is 16.9 Å². The van der Waals surface area contributed by atoms with Gasteiger partial charge < -0.3 is 10.1 Å². The monoisotopic (exact) mass is 434 g/mol. The van der Waals surface area contributed by atoms with Crippen molar-refractivity contribution in [2.75, 3.05) is 18.2 Å². The Bertz CT molecular complexity index is 1110. The second kappa shape index (κ2) is 9.78. The summed E-state index contributed by atoms with van der Waals surface area (Å²) < 4.78 is 6.32. The number of ether oxygens (including phenoxy) is 1. The molecule has 30 heavy (non-hydrogen) atoms. The Balaban J connectivity index is 1.34. The molecule has 0 atom stereocenters. The summed E-state index contributed by atoms with van der Waals surface area (Å²) in [7, 11) is 1.66. The predicted octanol–water partition coefficient (Wildman–Crippen LogP) is 6.48. The van der Waals surface area contributed by atoms with E-state index < -0.39 is 0 Å². The number of rotatable bonds is 8. The van der Waals surface area contributed by atoms with Gasteiger partial charge in [0.2, 0.25) is 5.91 Å². The van der Waals surface area contributed by atoms with Crippen molar-refractivity contribution in [1.29, 1.82) is 0 Å². The normalized spacial score (nSPS) is 10.8. The van der Waals surface area contributed by atoms with Crippen molar-refractivity contribution >= 4 is 44.9 Å². The van der Waals surface area contributed by atoms with Gasteiger partial charge in [-0.25, -0.2) is 4.98 Å². The van der Waals surface area contributed by atoms with Crippen molar-refractivity contribution in [3.8, 4) is 16.3 Å². The van der Waals surface area contributed by atoms with Gasteiger partial charge in [-0.2, -0.15) is 0 Å². The van der Waals surface area contributed by atoms with Crippen molar-refractivity contribution in [1.82, 2.24) is 4.98 Å². The highest BCUT2D eigenvalue weighted by molar-refractivity contribution is 7.99. The number of aromatic nitrogens is 1. The zero-order valence-corrected chi connectivity index (χ0v) is 18.3. The quantitative estimate of drug-likeness (QED) is 0.255. The summed E-state index contributed by atoms with van der Waals surface area (Å²) in [4.78, 5) is 18.4. The van der Waals surface area contributed by atoms with Gasteiger partial charge in [-0.3, -0.25) is 4.79 Å². The van der Waals surface area contributed by atoms with Crippen LogP contribution < -0.4 is 10.1 Å². The Kier molecular flexibility index (Phi) is 6.67. The molecule has 0 saturated carbocycles. The molecule has 3 aromatic carbocycles. The van der Waals surface area contributed by atoms with Gasteiger partial charge in [0.25, 0.3) is 0 Å². The van der Waals surface area contributed by atoms with Crippen LogP contribution in [0.1, 0.15) is 12.8 Å². The maximum Gasteiger partial charge on any atom is 0.224 e. The predicted molar refractivity (Wildman–Crippen MR) is 127 cm³/mol. The molecule has 6 heteroatoms. The first kappa shape index (κ1) is 20.4. The molecule has 0 saturated heterocycles. The van der Waals surface area contributed by atoms with E-state index in [2.05, 4.69) is 11.4 Å². The Morgan fingerprint density at radius 3 is 2.60 bits per heavy atom. The standard InChI is InChI=1S/C24H22N2O2S2/c1-28-17-12-14-18(15-13-17)29-16-6-11-23(27)25-20-8-3-2-7-19(20)24-26-21-9-4-5-10-22(21)30-24/h2-5,7-10,12-15H,6,11,16H2,1H3,(H,25,27). The average Bonchev–Trinajstić information content (AvgIpc) is 3.21. The fourth-order valence-corrected chi connectivity index (χ4v) is 4.93. The van der Waals surface area contributed by atoms with Gasteiger partial charge in [0.05, 0.1) is 23.0 Å². The van der Waals surface area contributed by atoms with Crippen molar-refractivity contribution in [2.24, 2.45) is 0 Å². The summed E-state index contributed by atoms with van der Waals surface area (Å²) in [6.45, 7) is 0. The fraction of sp³-hybridized carbons (Fsp3) is 0.167. The van der Waals surface area contributed by atoms with Gasteiger partial charge >= 0.3 is 0 Å². The second-order valence-electron chi connectivity index (χ2n) is 6.71. The zero-order valence-electron chi connectivity index (χ0n) is 16.6. The van der Waals surface area contributed by atoms with Crippen molar-refractivity contribution in [2.45, 2.75) is 17.7 Å². The molecule has 1 N–H and O–H groups in total. The van der Waals surface area contributed by atoms with Crippen LogP contribution in [-0.4, -0.2) is 23.8 Å². The van der Waals surface area contributed by atoms with E-state index >= 15 is 0 Å². The molecule has 0 fully saturated rings. The SMILES string of the molecule is COc1ccc(SCCCC(=O)Nc2ccccc2-c2nc3ccccc3s2)cc1. The lowest BCUT2D eigenvalue weighted by Crippen LogP contribution is -2.12. The molecule has 152 valence electrons. The van der Waals surface area contributed by atoms with Crippen LogP contribution >= 0.6 is 23.1 Å². The van der Waals surface area contributed by atoms with E-state index in [1.54, 1.807) is 30.2 Å². The molecule has 0 unspecified atom stereocenters. The molecule has 4 aromatic rings. The van der Waals surface area contributed by atoms with Crippen LogP contribution in [0.15, 0.2) is 77.7 Å². The third kappa shape index (κ3) is 5.01. The smallest absolute Gasteiger partial charge is 0.224 e. The molecular weight excluding hydrogens is 412 g/mol. The summed E-state index contributed by atoms with van der Waals surface area (Å²) >= 11 is 3.39. The minimum atomic E-state index is 0.0268. The highest BCUT2D eigenvalue weighted by atomic mass is 32.2. The van der Waals surface area contributed by atoms with Crippen LogP contribution in [0.25, 0.3) is 20.8 Å². The number of amides is 1. The third-order valence-electron chi connectivity index (χ3n) is 4.60. The molecule has 1 heterocycles. The lowest BCUT2D eigenvalue weighted by molar-refractivity contribution is -0.116. The molecule has 0 radical (unpaired) electrons. The Morgan fingerprint density at radius 1 is 1.03 bits per heavy atom. The highest BCUT2D eigenvalue weighted by Gasteiger charge is 2.12. The first-order chi connectivity index (χ1) is 14.7. The van der Waals surface area contributed by atoms with E-state index in [0.29, 0.717) is 6.42 Å². The number of thioether (sulfide) groups is 1. The Hall–Kier alpha value is -2.83. The number of benzene rings is 3. The Labute approximate surface area is 184 Å². The maximum atomic E-state index is 12.5. The number of hydrogen-bond acceptors (Lipinski definition) is 5. The lowest BCUT2D eigenvalue weighted by Gasteiger charge is -2.09.